The number of hydrogen-bond donors (Lipinski definition) is 0. The minimum atomic E-state index is -0.0776. The van der Waals surface area contributed by atoms with Gasteiger partial charge in [-0.25, -0.2) is 9.38 Å². The van der Waals surface area contributed by atoms with Crippen LogP contribution in [-0.4, -0.2) is 16.2 Å². The van der Waals surface area contributed by atoms with Gasteiger partial charge in [0.15, 0.2) is 16.5 Å². The molecule has 6 heteroatoms. The summed E-state index contributed by atoms with van der Waals surface area (Å²) < 4.78 is 13.2. The third kappa shape index (κ3) is 3.00. The third-order valence-electron chi connectivity index (χ3n) is 5.25. The highest BCUT2D eigenvalue weighted by atomic mass is 32.1. The van der Waals surface area contributed by atoms with E-state index in [1.807, 2.05) is 84.9 Å². The Kier molecular flexibility index (Phi) is 4.11. The molecule has 5 nitrogen and oxygen atoms in total. The summed E-state index contributed by atoms with van der Waals surface area (Å²) in [5, 5.41) is 0. The fourth-order valence-electron chi connectivity index (χ4n) is 3.81. The molecule has 0 unspecified atom stereocenters. The first-order chi connectivity index (χ1) is 15.3. The lowest BCUT2D eigenvalue weighted by molar-refractivity contribution is 0.174. The maximum absolute atomic E-state index is 13.5. The van der Waals surface area contributed by atoms with Gasteiger partial charge in [0.25, 0.3) is 5.56 Å². The van der Waals surface area contributed by atoms with Crippen molar-refractivity contribution in [3.63, 3.8) is 0 Å². The van der Waals surface area contributed by atoms with E-state index in [4.69, 9.17) is 14.5 Å². The van der Waals surface area contributed by atoms with Gasteiger partial charge < -0.3 is 9.47 Å². The molecule has 2 aromatic heterocycles. The van der Waals surface area contributed by atoms with E-state index >= 15 is 0 Å². The lowest BCUT2D eigenvalue weighted by Crippen LogP contribution is -2.23. The molecule has 0 fully saturated rings. The molecule has 3 aromatic carbocycles. The van der Waals surface area contributed by atoms with Gasteiger partial charge in [0.2, 0.25) is 6.79 Å². The summed E-state index contributed by atoms with van der Waals surface area (Å²) in [7, 11) is 0. The number of benzene rings is 3. The quantitative estimate of drug-likeness (QED) is 0.432. The van der Waals surface area contributed by atoms with Crippen LogP contribution in [0.2, 0.25) is 0 Å². The van der Waals surface area contributed by atoms with Gasteiger partial charge in [-0.2, -0.15) is 0 Å². The second-order valence-corrected chi connectivity index (χ2v) is 8.20. The van der Waals surface area contributed by atoms with E-state index in [2.05, 4.69) is 0 Å². The fraction of sp³-hybridized carbons (Fsp3) is 0.0400. The standard InChI is InChI=1S/C25H16N2O3S/c28-24-21(14-16-11-12-19-20(13-16)30-15-29-19)31-25-26-22(17-7-3-1-4-8-17)23(27(24)25)18-9-5-2-6-10-18/h1-14H,15H2/b21-14-. The van der Waals surface area contributed by atoms with Crippen molar-refractivity contribution in [2.24, 2.45) is 0 Å². The normalized spacial score (nSPS) is 13.2. The van der Waals surface area contributed by atoms with Crippen molar-refractivity contribution in [2.45, 2.75) is 0 Å². The number of thiazole rings is 1. The second-order valence-electron chi connectivity index (χ2n) is 7.19. The Morgan fingerprint density at radius 1 is 0.871 bits per heavy atom. The van der Waals surface area contributed by atoms with E-state index in [1.165, 1.54) is 11.3 Å². The van der Waals surface area contributed by atoms with Crippen molar-refractivity contribution in [3.8, 4) is 34.0 Å². The number of ether oxygens (including phenoxy) is 2. The summed E-state index contributed by atoms with van der Waals surface area (Å²) in [5.41, 5.74) is 4.37. The van der Waals surface area contributed by atoms with Crippen molar-refractivity contribution in [3.05, 3.63) is 99.3 Å². The van der Waals surface area contributed by atoms with Gasteiger partial charge in [0.05, 0.1) is 15.9 Å². The molecule has 0 saturated heterocycles. The number of aromatic nitrogens is 2. The predicted octanol–water partition coefficient (Wildman–Crippen LogP) is 4.37. The van der Waals surface area contributed by atoms with Gasteiger partial charge in [0, 0.05) is 11.1 Å². The molecule has 31 heavy (non-hydrogen) atoms. The predicted molar refractivity (Wildman–Crippen MR) is 122 cm³/mol. The summed E-state index contributed by atoms with van der Waals surface area (Å²) in [6, 6.07) is 25.6. The zero-order valence-corrected chi connectivity index (χ0v) is 17.1. The molecule has 0 amide bonds. The van der Waals surface area contributed by atoms with Crippen LogP contribution in [0.25, 0.3) is 33.6 Å². The largest absolute Gasteiger partial charge is 0.454 e. The molecule has 0 bridgehead atoms. The summed E-state index contributed by atoms with van der Waals surface area (Å²) in [4.78, 5) is 19.0. The van der Waals surface area contributed by atoms with Gasteiger partial charge in [-0.05, 0) is 23.8 Å². The molecule has 0 saturated carbocycles. The Labute approximate surface area is 181 Å². The summed E-state index contributed by atoms with van der Waals surface area (Å²) in [5.74, 6) is 1.42. The van der Waals surface area contributed by atoms with Crippen LogP contribution in [0.1, 0.15) is 5.56 Å². The lowest BCUT2D eigenvalue weighted by atomic mass is 10.1. The SMILES string of the molecule is O=c1/c(=C/c2ccc3c(c2)OCO3)sc2nc(-c3ccccc3)c(-c3ccccc3)n12. The summed E-state index contributed by atoms with van der Waals surface area (Å²) in [6.45, 7) is 0.223. The van der Waals surface area contributed by atoms with E-state index in [0.717, 1.165) is 33.8 Å². The Balaban J connectivity index is 1.59. The molecule has 150 valence electrons. The molecular weight excluding hydrogens is 408 g/mol. The molecule has 5 aromatic rings. The molecule has 1 aliphatic rings. The van der Waals surface area contributed by atoms with Gasteiger partial charge >= 0.3 is 0 Å². The number of fused-ring (bicyclic) bond motifs is 2. The molecule has 0 spiro atoms. The first-order valence-electron chi connectivity index (χ1n) is 9.85. The molecule has 0 radical (unpaired) electrons. The Morgan fingerprint density at radius 3 is 2.35 bits per heavy atom. The molecule has 1 aliphatic heterocycles. The Morgan fingerprint density at radius 2 is 1.58 bits per heavy atom. The number of rotatable bonds is 3. The van der Waals surface area contributed by atoms with Crippen LogP contribution in [0.4, 0.5) is 0 Å². The van der Waals surface area contributed by atoms with Crippen LogP contribution in [0.15, 0.2) is 83.7 Å². The van der Waals surface area contributed by atoms with Crippen LogP contribution < -0.4 is 19.6 Å². The maximum Gasteiger partial charge on any atom is 0.274 e. The van der Waals surface area contributed by atoms with E-state index in [-0.39, 0.29) is 12.4 Å². The lowest BCUT2D eigenvalue weighted by Gasteiger charge is -2.04. The number of hydrogen-bond acceptors (Lipinski definition) is 5. The average molecular weight is 424 g/mol. The maximum atomic E-state index is 13.5. The minimum absolute atomic E-state index is 0.0776. The van der Waals surface area contributed by atoms with Crippen LogP contribution in [0.3, 0.4) is 0 Å². The molecule has 6 rings (SSSR count). The van der Waals surface area contributed by atoms with E-state index in [9.17, 15) is 4.79 Å². The van der Waals surface area contributed by atoms with Gasteiger partial charge in [-0.1, -0.05) is 78.1 Å². The van der Waals surface area contributed by atoms with Gasteiger partial charge in [-0.3, -0.25) is 4.79 Å². The van der Waals surface area contributed by atoms with Crippen molar-refractivity contribution < 1.29 is 9.47 Å². The van der Waals surface area contributed by atoms with Crippen molar-refractivity contribution in [2.75, 3.05) is 6.79 Å². The van der Waals surface area contributed by atoms with E-state index in [1.54, 1.807) is 4.40 Å². The molecule has 0 N–H and O–H groups in total. The highest BCUT2D eigenvalue weighted by Crippen LogP contribution is 2.34. The molecular formula is C25H16N2O3S. The minimum Gasteiger partial charge on any atom is -0.454 e. The van der Waals surface area contributed by atoms with E-state index in [0.29, 0.717) is 15.2 Å². The molecule has 0 aliphatic carbocycles. The highest BCUT2D eigenvalue weighted by molar-refractivity contribution is 7.15. The summed E-state index contributed by atoms with van der Waals surface area (Å²) >= 11 is 1.39. The topological polar surface area (TPSA) is 52.8 Å². The molecule has 3 heterocycles. The summed E-state index contributed by atoms with van der Waals surface area (Å²) in [6.07, 6.45) is 1.88. The zero-order valence-electron chi connectivity index (χ0n) is 16.3. The zero-order chi connectivity index (χ0) is 20.8. The van der Waals surface area contributed by atoms with Crippen molar-refractivity contribution in [1.29, 1.82) is 0 Å². The van der Waals surface area contributed by atoms with Gasteiger partial charge in [-0.15, -0.1) is 0 Å². The van der Waals surface area contributed by atoms with Gasteiger partial charge in [0.1, 0.15) is 0 Å². The first kappa shape index (κ1) is 17.9. The second kappa shape index (κ2) is 7.11. The molecule has 0 atom stereocenters. The number of imidazole rings is 1. The van der Waals surface area contributed by atoms with Crippen molar-refractivity contribution in [1.82, 2.24) is 9.38 Å². The van der Waals surface area contributed by atoms with Crippen molar-refractivity contribution >= 4 is 22.4 Å². The smallest absolute Gasteiger partial charge is 0.274 e. The average Bonchev–Trinajstić information content (AvgIpc) is 3.50. The fourth-order valence-corrected chi connectivity index (χ4v) is 4.79. The van der Waals surface area contributed by atoms with Crippen LogP contribution in [-0.2, 0) is 0 Å². The van der Waals surface area contributed by atoms with Crippen LogP contribution in [0.5, 0.6) is 11.5 Å². The Hall–Kier alpha value is -3.90. The monoisotopic (exact) mass is 424 g/mol. The van der Waals surface area contributed by atoms with E-state index < -0.39 is 0 Å². The number of nitrogens with zero attached hydrogens (tertiary/aromatic N) is 2. The highest BCUT2D eigenvalue weighted by Gasteiger charge is 2.20. The third-order valence-corrected chi connectivity index (χ3v) is 6.22. The Bertz CT molecular complexity index is 1520. The van der Waals surface area contributed by atoms with Crippen LogP contribution in [0, 0.1) is 0 Å². The van der Waals surface area contributed by atoms with Crippen LogP contribution >= 0.6 is 11.3 Å². The first-order valence-corrected chi connectivity index (χ1v) is 10.7.